The number of methoxy groups -OCH3 is 1. The van der Waals surface area contributed by atoms with Crippen LogP contribution >= 0.6 is 0 Å². The normalized spacial score (nSPS) is 14.2. The second-order valence-corrected chi connectivity index (χ2v) is 7.96. The quantitative estimate of drug-likeness (QED) is 0.328. The smallest absolute Gasteiger partial charge is 0.335 e. The molecule has 194 valence electrons. The Morgan fingerprint density at radius 2 is 1.61 bits per heavy atom. The molecule has 1 heterocycles. The summed E-state index contributed by atoms with van der Waals surface area (Å²) in [5, 5.41) is 4.90. The van der Waals surface area contributed by atoms with Crippen LogP contribution in [0.2, 0.25) is 0 Å². The molecule has 4 rings (SSSR count). The highest BCUT2D eigenvalue weighted by Crippen LogP contribution is 2.27. The molecular formula is C28H25N3O7. The lowest BCUT2D eigenvalue weighted by atomic mass is 10.1. The monoisotopic (exact) mass is 515 g/mol. The molecular weight excluding hydrogens is 490 g/mol. The molecule has 0 aromatic heterocycles. The number of carbonyl (C=O) groups is 4. The first-order valence-corrected chi connectivity index (χ1v) is 11.7. The van der Waals surface area contributed by atoms with Gasteiger partial charge in [0, 0.05) is 5.56 Å². The predicted molar refractivity (Wildman–Crippen MR) is 140 cm³/mol. The maximum atomic E-state index is 13.2. The van der Waals surface area contributed by atoms with E-state index >= 15 is 0 Å². The molecule has 38 heavy (non-hydrogen) atoms. The minimum Gasteiger partial charge on any atom is -0.495 e. The van der Waals surface area contributed by atoms with Crippen LogP contribution in [0.15, 0.2) is 78.4 Å². The van der Waals surface area contributed by atoms with Crippen molar-refractivity contribution in [1.29, 1.82) is 0 Å². The van der Waals surface area contributed by atoms with E-state index in [1.165, 1.54) is 13.2 Å². The van der Waals surface area contributed by atoms with E-state index < -0.39 is 23.8 Å². The molecule has 0 unspecified atom stereocenters. The van der Waals surface area contributed by atoms with Crippen molar-refractivity contribution >= 4 is 41.2 Å². The fourth-order valence-electron chi connectivity index (χ4n) is 3.71. The third-order valence-electron chi connectivity index (χ3n) is 5.47. The predicted octanol–water partition coefficient (Wildman–Crippen LogP) is 3.78. The summed E-state index contributed by atoms with van der Waals surface area (Å²) in [7, 11) is 1.50. The summed E-state index contributed by atoms with van der Waals surface area (Å²) in [5.74, 6) is -0.734. The van der Waals surface area contributed by atoms with E-state index in [2.05, 4.69) is 10.6 Å². The fourth-order valence-corrected chi connectivity index (χ4v) is 3.71. The van der Waals surface area contributed by atoms with E-state index in [4.69, 9.17) is 14.2 Å². The van der Waals surface area contributed by atoms with Crippen LogP contribution in [0.3, 0.4) is 0 Å². The molecule has 1 saturated heterocycles. The summed E-state index contributed by atoms with van der Waals surface area (Å²) in [6.45, 7) is 1.97. The van der Waals surface area contributed by atoms with Crippen LogP contribution in [0.4, 0.5) is 16.2 Å². The number of hydrogen-bond donors (Lipinski definition) is 2. The van der Waals surface area contributed by atoms with Gasteiger partial charge in [-0.05, 0) is 55.5 Å². The average Bonchev–Trinajstić information content (AvgIpc) is 2.91. The zero-order valence-electron chi connectivity index (χ0n) is 20.7. The van der Waals surface area contributed by atoms with Crippen molar-refractivity contribution in [2.24, 2.45) is 0 Å². The largest absolute Gasteiger partial charge is 0.495 e. The number of ether oxygens (including phenoxy) is 3. The number of nitrogens with zero attached hydrogens (tertiary/aromatic N) is 1. The molecule has 1 aliphatic rings. The first kappa shape index (κ1) is 26.0. The summed E-state index contributed by atoms with van der Waals surface area (Å²) in [6.07, 6.45) is 1.32. The van der Waals surface area contributed by atoms with E-state index in [-0.39, 0.29) is 23.6 Å². The number of rotatable bonds is 9. The lowest BCUT2D eigenvalue weighted by Gasteiger charge is -2.26. The number of urea groups is 1. The zero-order chi connectivity index (χ0) is 27.1. The Bertz CT molecular complexity index is 1400. The minimum atomic E-state index is -0.862. The van der Waals surface area contributed by atoms with Crippen molar-refractivity contribution in [2.75, 3.05) is 30.5 Å². The summed E-state index contributed by atoms with van der Waals surface area (Å²) >= 11 is 0. The maximum absolute atomic E-state index is 13.2. The second kappa shape index (κ2) is 11.7. The van der Waals surface area contributed by atoms with Crippen molar-refractivity contribution < 1.29 is 33.4 Å². The van der Waals surface area contributed by atoms with E-state index in [0.29, 0.717) is 29.4 Å². The van der Waals surface area contributed by atoms with Crippen LogP contribution in [-0.2, 0) is 14.4 Å². The minimum absolute atomic E-state index is 0.264. The van der Waals surface area contributed by atoms with Crippen LogP contribution in [0, 0.1) is 0 Å². The lowest BCUT2D eigenvalue weighted by molar-refractivity contribution is -0.122. The van der Waals surface area contributed by atoms with Gasteiger partial charge < -0.3 is 19.5 Å². The zero-order valence-corrected chi connectivity index (χ0v) is 20.7. The van der Waals surface area contributed by atoms with Crippen molar-refractivity contribution in [3.63, 3.8) is 0 Å². The summed E-state index contributed by atoms with van der Waals surface area (Å²) in [4.78, 5) is 51.7. The van der Waals surface area contributed by atoms with E-state index in [1.54, 1.807) is 72.8 Å². The molecule has 1 fully saturated rings. The number of para-hydroxylation sites is 3. The first-order valence-electron chi connectivity index (χ1n) is 11.7. The molecule has 0 saturated carbocycles. The molecule has 3 aromatic carbocycles. The van der Waals surface area contributed by atoms with Gasteiger partial charge in [-0.15, -0.1) is 0 Å². The van der Waals surface area contributed by atoms with Crippen LogP contribution in [0.1, 0.15) is 12.5 Å². The number of nitrogens with one attached hydrogen (secondary N) is 2. The van der Waals surface area contributed by atoms with Gasteiger partial charge in [-0.2, -0.15) is 0 Å². The number of anilines is 2. The van der Waals surface area contributed by atoms with Gasteiger partial charge in [-0.1, -0.05) is 30.3 Å². The lowest BCUT2D eigenvalue weighted by Crippen LogP contribution is -2.54. The molecule has 2 N–H and O–H groups in total. The average molecular weight is 516 g/mol. The van der Waals surface area contributed by atoms with E-state index in [1.807, 2.05) is 6.92 Å². The Hall–Kier alpha value is -5.12. The van der Waals surface area contributed by atoms with E-state index in [0.717, 1.165) is 4.90 Å². The SMILES string of the molecule is CCOc1ccc(N2C(=O)NC(=O)/C(=C\c3ccccc3OCC(=O)Nc3ccccc3OC)C2=O)cc1. The maximum Gasteiger partial charge on any atom is 0.335 e. The van der Waals surface area contributed by atoms with Gasteiger partial charge in [0.25, 0.3) is 17.7 Å². The topological polar surface area (TPSA) is 123 Å². The van der Waals surface area contributed by atoms with Gasteiger partial charge in [0.2, 0.25) is 0 Å². The standard InChI is InChI=1S/C28H25N3O7/c1-3-37-20-14-12-19(13-15-20)31-27(34)21(26(33)30-28(31)35)16-18-8-4-6-10-23(18)38-17-25(32)29-22-9-5-7-11-24(22)36-2/h4-16H,3,17H2,1-2H3,(H,29,32)(H,30,33,35)/b21-16+. The van der Waals surface area contributed by atoms with Crippen LogP contribution in [0.5, 0.6) is 17.2 Å². The Labute approximate surface area is 218 Å². The number of amides is 5. The number of barbiturate groups is 1. The van der Waals surface area contributed by atoms with Gasteiger partial charge in [-0.25, -0.2) is 9.69 Å². The van der Waals surface area contributed by atoms with Crippen molar-refractivity contribution in [1.82, 2.24) is 5.32 Å². The molecule has 1 aliphatic heterocycles. The molecule has 0 atom stereocenters. The van der Waals surface area contributed by atoms with Gasteiger partial charge in [0.15, 0.2) is 6.61 Å². The Morgan fingerprint density at radius 3 is 2.32 bits per heavy atom. The number of imide groups is 2. The van der Waals surface area contributed by atoms with Crippen molar-refractivity contribution in [3.8, 4) is 17.2 Å². The molecule has 10 heteroatoms. The third-order valence-corrected chi connectivity index (χ3v) is 5.47. The van der Waals surface area contributed by atoms with E-state index in [9.17, 15) is 19.2 Å². The van der Waals surface area contributed by atoms with Crippen molar-refractivity contribution in [2.45, 2.75) is 6.92 Å². The Morgan fingerprint density at radius 1 is 0.921 bits per heavy atom. The molecule has 0 aliphatic carbocycles. The molecule has 0 bridgehead atoms. The molecule has 0 spiro atoms. The van der Waals surface area contributed by atoms with Crippen LogP contribution < -0.4 is 29.7 Å². The van der Waals surface area contributed by atoms with Gasteiger partial charge in [-0.3, -0.25) is 19.7 Å². The molecule has 3 aromatic rings. The highest BCUT2D eigenvalue weighted by Gasteiger charge is 2.37. The highest BCUT2D eigenvalue weighted by atomic mass is 16.5. The number of hydrogen-bond acceptors (Lipinski definition) is 7. The number of benzene rings is 3. The summed E-state index contributed by atoms with van der Waals surface area (Å²) < 4.78 is 16.3. The third kappa shape index (κ3) is 5.81. The van der Waals surface area contributed by atoms with Gasteiger partial charge in [0.05, 0.1) is 25.1 Å². The molecule has 10 nitrogen and oxygen atoms in total. The van der Waals surface area contributed by atoms with Gasteiger partial charge >= 0.3 is 6.03 Å². The Balaban J connectivity index is 1.53. The highest BCUT2D eigenvalue weighted by molar-refractivity contribution is 6.39. The van der Waals surface area contributed by atoms with Gasteiger partial charge in [0.1, 0.15) is 22.8 Å². The van der Waals surface area contributed by atoms with Crippen LogP contribution in [0.25, 0.3) is 6.08 Å². The van der Waals surface area contributed by atoms with Crippen LogP contribution in [-0.4, -0.2) is 44.1 Å². The number of carbonyl (C=O) groups excluding carboxylic acids is 4. The molecule has 5 amide bonds. The Kier molecular flexibility index (Phi) is 8.02. The summed E-state index contributed by atoms with van der Waals surface area (Å²) in [6, 6.07) is 19.0. The fraction of sp³-hybridized carbons (Fsp3) is 0.143. The second-order valence-electron chi connectivity index (χ2n) is 7.96. The molecule has 0 radical (unpaired) electrons. The first-order chi connectivity index (χ1) is 18.4. The summed E-state index contributed by atoms with van der Waals surface area (Å²) in [5.41, 5.74) is 0.861. The van der Waals surface area contributed by atoms with Crippen molar-refractivity contribution in [3.05, 3.63) is 83.9 Å².